The van der Waals surface area contributed by atoms with Gasteiger partial charge in [0.05, 0.1) is 25.9 Å². The molecule has 0 aliphatic heterocycles. The lowest BCUT2D eigenvalue weighted by molar-refractivity contribution is -0.137. The molecule has 0 aromatic rings. The zero-order chi connectivity index (χ0) is 16.1. The summed E-state index contributed by atoms with van der Waals surface area (Å²) >= 11 is 0. The summed E-state index contributed by atoms with van der Waals surface area (Å²) in [6.07, 6.45) is 4.46. The molecular weight excluding hydrogens is 295 g/mol. The summed E-state index contributed by atoms with van der Waals surface area (Å²) in [6.45, 7) is 8.04. The molecule has 0 amide bonds. The van der Waals surface area contributed by atoms with Crippen molar-refractivity contribution in [1.29, 1.82) is 0 Å². The number of esters is 1. The summed E-state index contributed by atoms with van der Waals surface area (Å²) in [5, 5.41) is 0. The second-order valence-corrected chi connectivity index (χ2v) is 6.01. The number of allylic oxidation sites excluding steroid dienone is 1. The first-order chi connectivity index (χ1) is 9.97. The number of unbranched alkanes of at least 4 members (excludes halogenated alkanes) is 2. The topological polar surface area (TPSA) is 71.1 Å². The fourth-order valence-electron chi connectivity index (χ4n) is 1.28. The van der Waals surface area contributed by atoms with E-state index < -0.39 is 13.8 Å². The van der Waals surface area contributed by atoms with E-state index in [9.17, 15) is 9.36 Å². The second kappa shape index (κ2) is 11.8. The zero-order valence-corrected chi connectivity index (χ0v) is 14.3. The van der Waals surface area contributed by atoms with Crippen LogP contribution in [-0.4, -0.2) is 25.8 Å². The zero-order valence-electron chi connectivity index (χ0n) is 13.4. The standard InChI is InChI=1S/C14H27O6P/c1-5-8-10-18-21(16,19-11-9-6-2)20-13(4)12-14(15)17-7-3/h12H,5-11H2,1-4H3/b13-12+. The fourth-order valence-corrected chi connectivity index (χ4v) is 2.57. The van der Waals surface area contributed by atoms with Gasteiger partial charge in [-0.05, 0) is 26.7 Å². The van der Waals surface area contributed by atoms with E-state index in [0.29, 0.717) is 0 Å². The van der Waals surface area contributed by atoms with Gasteiger partial charge in [0.15, 0.2) is 0 Å². The Hall–Kier alpha value is -0.840. The lowest BCUT2D eigenvalue weighted by Gasteiger charge is -2.18. The van der Waals surface area contributed by atoms with Crippen molar-refractivity contribution in [3.05, 3.63) is 11.8 Å². The molecular formula is C14H27O6P. The number of rotatable bonds is 12. The van der Waals surface area contributed by atoms with Gasteiger partial charge in [-0.1, -0.05) is 26.7 Å². The van der Waals surface area contributed by atoms with Crippen LogP contribution in [0.25, 0.3) is 0 Å². The summed E-state index contributed by atoms with van der Waals surface area (Å²) in [5.74, 6) is -0.409. The number of hydrogen-bond donors (Lipinski definition) is 0. The number of carbonyl (C=O) groups excluding carboxylic acids is 1. The molecule has 0 aliphatic carbocycles. The molecule has 0 fully saturated rings. The molecule has 0 aromatic heterocycles. The van der Waals surface area contributed by atoms with Gasteiger partial charge < -0.3 is 9.26 Å². The molecule has 0 bridgehead atoms. The molecule has 0 unspecified atom stereocenters. The summed E-state index contributed by atoms with van der Waals surface area (Å²) in [4.78, 5) is 11.3. The molecule has 0 rings (SSSR count). The van der Waals surface area contributed by atoms with E-state index in [4.69, 9.17) is 18.3 Å². The predicted molar refractivity (Wildman–Crippen MR) is 80.8 cm³/mol. The molecule has 0 radical (unpaired) electrons. The van der Waals surface area contributed by atoms with Crippen molar-refractivity contribution in [1.82, 2.24) is 0 Å². The minimum atomic E-state index is -3.69. The second-order valence-electron chi connectivity index (χ2n) is 4.42. The Balaban J connectivity index is 4.63. The van der Waals surface area contributed by atoms with Crippen molar-refractivity contribution in [2.75, 3.05) is 19.8 Å². The first-order valence-corrected chi connectivity index (χ1v) is 8.87. The Kier molecular flexibility index (Phi) is 11.3. The van der Waals surface area contributed by atoms with Crippen LogP contribution >= 0.6 is 7.82 Å². The van der Waals surface area contributed by atoms with Gasteiger partial charge in [-0.15, -0.1) is 0 Å². The van der Waals surface area contributed by atoms with E-state index in [1.54, 1.807) is 6.92 Å². The van der Waals surface area contributed by atoms with Crippen LogP contribution in [0.2, 0.25) is 0 Å². The SMILES string of the molecule is CCCCOP(=O)(OCCCC)O/C(C)=C/C(=O)OCC. The predicted octanol–water partition coefficient (Wildman–Crippen LogP) is 4.21. The van der Waals surface area contributed by atoms with Gasteiger partial charge in [0.1, 0.15) is 5.76 Å². The molecule has 7 heteroatoms. The largest absolute Gasteiger partial charge is 0.529 e. The molecule has 0 atom stereocenters. The Bertz CT molecular complexity index is 352. The van der Waals surface area contributed by atoms with Crippen molar-refractivity contribution in [2.24, 2.45) is 0 Å². The fraction of sp³-hybridized carbons (Fsp3) is 0.786. The lowest BCUT2D eigenvalue weighted by atomic mass is 10.4. The molecule has 0 saturated carbocycles. The maximum absolute atomic E-state index is 12.5. The van der Waals surface area contributed by atoms with Crippen LogP contribution in [0.5, 0.6) is 0 Å². The molecule has 0 N–H and O–H groups in total. The number of ether oxygens (including phenoxy) is 1. The quantitative estimate of drug-likeness (QED) is 0.176. The van der Waals surface area contributed by atoms with Gasteiger partial charge in [0, 0.05) is 0 Å². The highest BCUT2D eigenvalue weighted by molar-refractivity contribution is 7.48. The van der Waals surface area contributed by atoms with E-state index in [0.717, 1.165) is 31.8 Å². The van der Waals surface area contributed by atoms with Gasteiger partial charge in [0.25, 0.3) is 0 Å². The van der Waals surface area contributed by atoms with E-state index >= 15 is 0 Å². The molecule has 0 heterocycles. The number of carbonyl (C=O) groups is 1. The Morgan fingerprint density at radius 1 is 1.05 bits per heavy atom. The maximum atomic E-state index is 12.5. The number of hydrogen-bond acceptors (Lipinski definition) is 6. The van der Waals surface area contributed by atoms with Crippen molar-refractivity contribution in [3.63, 3.8) is 0 Å². The molecule has 21 heavy (non-hydrogen) atoms. The van der Waals surface area contributed by atoms with Crippen LogP contribution in [0.15, 0.2) is 11.8 Å². The lowest BCUT2D eigenvalue weighted by Crippen LogP contribution is -2.05. The van der Waals surface area contributed by atoms with Crippen LogP contribution in [0.4, 0.5) is 0 Å². The normalized spacial score (nSPS) is 12.3. The third-order valence-electron chi connectivity index (χ3n) is 2.36. The van der Waals surface area contributed by atoms with Crippen molar-refractivity contribution < 1.29 is 27.7 Å². The van der Waals surface area contributed by atoms with Crippen LogP contribution in [0, 0.1) is 0 Å². The number of phosphoric acid groups is 1. The molecule has 6 nitrogen and oxygen atoms in total. The summed E-state index contributed by atoms with van der Waals surface area (Å²) in [6, 6.07) is 0. The van der Waals surface area contributed by atoms with Gasteiger partial charge in [0.2, 0.25) is 0 Å². The minimum Gasteiger partial charge on any atom is -0.463 e. The van der Waals surface area contributed by atoms with Crippen molar-refractivity contribution in [2.45, 2.75) is 53.4 Å². The highest BCUT2D eigenvalue weighted by atomic mass is 31.2. The van der Waals surface area contributed by atoms with Crippen molar-refractivity contribution >= 4 is 13.8 Å². The van der Waals surface area contributed by atoms with E-state index in [-0.39, 0.29) is 25.6 Å². The summed E-state index contributed by atoms with van der Waals surface area (Å²) in [5.41, 5.74) is 0. The van der Waals surface area contributed by atoms with Gasteiger partial charge >= 0.3 is 13.8 Å². The van der Waals surface area contributed by atoms with E-state index in [2.05, 4.69) is 0 Å². The smallest absolute Gasteiger partial charge is 0.463 e. The summed E-state index contributed by atoms with van der Waals surface area (Å²) < 4.78 is 32.9. The first kappa shape index (κ1) is 20.2. The van der Waals surface area contributed by atoms with Crippen LogP contribution in [0.1, 0.15) is 53.4 Å². The van der Waals surface area contributed by atoms with Crippen LogP contribution in [-0.2, 0) is 27.7 Å². The molecule has 124 valence electrons. The average molecular weight is 322 g/mol. The Labute approximate surface area is 127 Å². The van der Waals surface area contributed by atoms with Gasteiger partial charge in [-0.2, -0.15) is 0 Å². The maximum Gasteiger partial charge on any atom is 0.529 e. The number of phosphoric ester groups is 1. The first-order valence-electron chi connectivity index (χ1n) is 7.41. The van der Waals surface area contributed by atoms with E-state index in [1.165, 1.54) is 6.92 Å². The molecule has 0 spiro atoms. The Morgan fingerprint density at radius 3 is 2.00 bits per heavy atom. The average Bonchev–Trinajstić information content (AvgIpc) is 2.39. The van der Waals surface area contributed by atoms with Crippen molar-refractivity contribution in [3.8, 4) is 0 Å². The van der Waals surface area contributed by atoms with Crippen LogP contribution in [0.3, 0.4) is 0 Å². The Morgan fingerprint density at radius 2 is 1.57 bits per heavy atom. The van der Waals surface area contributed by atoms with Gasteiger partial charge in [-0.25, -0.2) is 9.36 Å². The minimum absolute atomic E-state index is 0.143. The third kappa shape index (κ3) is 10.5. The third-order valence-corrected chi connectivity index (χ3v) is 3.87. The van der Waals surface area contributed by atoms with E-state index in [1.807, 2.05) is 13.8 Å². The monoisotopic (exact) mass is 322 g/mol. The molecule has 0 aromatic carbocycles. The molecule has 0 saturated heterocycles. The van der Waals surface area contributed by atoms with Crippen LogP contribution < -0.4 is 0 Å². The highest BCUT2D eigenvalue weighted by Crippen LogP contribution is 2.51. The summed E-state index contributed by atoms with van der Waals surface area (Å²) in [7, 11) is -3.69. The molecule has 0 aliphatic rings. The van der Waals surface area contributed by atoms with Gasteiger partial charge in [-0.3, -0.25) is 9.05 Å². The highest BCUT2D eigenvalue weighted by Gasteiger charge is 2.28.